The van der Waals surface area contributed by atoms with Crippen LogP contribution in [0.2, 0.25) is 5.02 Å². The highest BCUT2D eigenvalue weighted by Gasteiger charge is 2.43. The quantitative estimate of drug-likeness (QED) is 0.284. The molecule has 2 heterocycles. The van der Waals surface area contributed by atoms with Gasteiger partial charge in [-0.3, -0.25) is 9.59 Å². The number of rotatable bonds is 8. The van der Waals surface area contributed by atoms with Gasteiger partial charge in [-0.2, -0.15) is 0 Å². The predicted octanol–water partition coefficient (Wildman–Crippen LogP) is 6.92. The molecular weight excluding hydrogens is 633 g/mol. The average molecular weight is 667 g/mol. The van der Waals surface area contributed by atoms with Crippen molar-refractivity contribution in [3.05, 3.63) is 104 Å². The number of nitrogens with one attached hydrogen (secondary N) is 1. The average Bonchev–Trinajstić information content (AvgIpc) is 3.83. The minimum atomic E-state index is -0.362. The van der Waals surface area contributed by atoms with Crippen LogP contribution in [-0.2, 0) is 16.1 Å². The fourth-order valence-corrected chi connectivity index (χ4v) is 6.66. The molecule has 3 aromatic carbocycles. The Labute approximate surface area is 265 Å². The first-order valence-electron chi connectivity index (χ1n) is 14.7. The second-order valence-electron chi connectivity index (χ2n) is 11.6. The summed E-state index contributed by atoms with van der Waals surface area (Å²) in [4.78, 5) is 30.7. The number of carbonyl (C=O) groups is 2. The van der Waals surface area contributed by atoms with E-state index in [4.69, 9.17) is 16.3 Å². The van der Waals surface area contributed by atoms with E-state index in [0.29, 0.717) is 41.3 Å². The molecule has 0 radical (unpaired) electrons. The van der Waals surface area contributed by atoms with E-state index in [2.05, 4.69) is 21.2 Å². The third-order valence-corrected chi connectivity index (χ3v) is 9.58. The van der Waals surface area contributed by atoms with Crippen LogP contribution in [0.3, 0.4) is 0 Å². The van der Waals surface area contributed by atoms with Crippen molar-refractivity contribution in [2.45, 2.75) is 63.9 Å². The zero-order valence-corrected chi connectivity index (χ0v) is 26.5. The summed E-state index contributed by atoms with van der Waals surface area (Å²) in [6.07, 6.45) is 2.24. The number of hydrogen-bond acceptors (Lipinski definition) is 4. The first-order valence-corrected chi connectivity index (χ1v) is 15.9. The molecule has 3 unspecified atom stereocenters. The van der Waals surface area contributed by atoms with Crippen LogP contribution >= 0.6 is 27.5 Å². The van der Waals surface area contributed by atoms with Crippen LogP contribution in [0.15, 0.2) is 76.8 Å². The predicted molar refractivity (Wildman–Crippen MR) is 169 cm³/mol. The van der Waals surface area contributed by atoms with Gasteiger partial charge in [0.15, 0.2) is 0 Å². The summed E-state index contributed by atoms with van der Waals surface area (Å²) in [7, 11) is 0. The van der Waals surface area contributed by atoms with Crippen LogP contribution in [0.1, 0.15) is 55.9 Å². The van der Waals surface area contributed by atoms with Gasteiger partial charge >= 0.3 is 0 Å². The molecule has 1 saturated heterocycles. The summed E-state index contributed by atoms with van der Waals surface area (Å²) in [5.74, 6) is 0.0900. The zero-order valence-electron chi connectivity index (χ0n) is 24.2. The van der Waals surface area contributed by atoms with Crippen LogP contribution in [0.25, 0.3) is 5.57 Å². The van der Waals surface area contributed by atoms with Crippen molar-refractivity contribution in [2.75, 3.05) is 13.1 Å². The van der Waals surface area contributed by atoms with Crippen LogP contribution < -0.4 is 10.1 Å². The van der Waals surface area contributed by atoms with Gasteiger partial charge in [0.2, 0.25) is 5.91 Å². The van der Waals surface area contributed by atoms with Crippen molar-refractivity contribution in [1.82, 2.24) is 15.1 Å². The number of halogens is 3. The molecule has 43 heavy (non-hydrogen) atoms. The molecule has 9 heteroatoms. The topological polar surface area (TPSA) is 61.9 Å². The van der Waals surface area contributed by atoms with Crippen molar-refractivity contribution >= 4 is 44.9 Å². The van der Waals surface area contributed by atoms with Gasteiger partial charge in [-0.15, -0.1) is 0 Å². The number of amides is 2. The first-order chi connectivity index (χ1) is 20.7. The molecule has 3 aromatic rings. The molecule has 6 nitrogen and oxygen atoms in total. The fraction of sp³-hybridized carbons (Fsp3) is 0.353. The number of carbonyl (C=O) groups excluding carboxylic acids is 2. The number of fused-ring (bicyclic) bond motifs is 2. The van der Waals surface area contributed by atoms with Gasteiger partial charge < -0.3 is 19.9 Å². The summed E-state index contributed by atoms with van der Waals surface area (Å²) in [6.45, 7) is 5.01. The van der Waals surface area contributed by atoms with Crippen LogP contribution in [-0.4, -0.2) is 52.8 Å². The van der Waals surface area contributed by atoms with Crippen molar-refractivity contribution in [1.29, 1.82) is 0 Å². The standard InChI is InChI=1S/C34H34BrClFN3O3/c1-20(43-32-15-25(37)11-14-29(32)35)22-7-9-23(10-8-22)28-16-26-18-39(21(2)41)19-31(38-26)33(28)34(42)40(27-12-13-27)17-24-5-3-4-6-30(24)36/h3-11,14-15,20,26-27,31,38H,12-13,16-19H2,1-2H3. The molecule has 0 aromatic heterocycles. The maximum atomic E-state index is 14.5. The van der Waals surface area contributed by atoms with Crippen LogP contribution in [0, 0.1) is 5.82 Å². The lowest BCUT2D eigenvalue weighted by Gasteiger charge is -2.44. The molecule has 2 aliphatic heterocycles. The smallest absolute Gasteiger partial charge is 0.252 e. The second kappa shape index (κ2) is 12.4. The highest BCUT2D eigenvalue weighted by Crippen LogP contribution is 2.38. The van der Waals surface area contributed by atoms with Crippen molar-refractivity contribution in [3.8, 4) is 5.75 Å². The fourth-order valence-electron chi connectivity index (χ4n) is 6.12. The number of ether oxygens (including phenoxy) is 1. The van der Waals surface area contributed by atoms with Crippen molar-refractivity contribution < 1.29 is 18.7 Å². The molecule has 6 rings (SSSR count). The van der Waals surface area contributed by atoms with E-state index in [1.54, 1.807) is 13.0 Å². The minimum Gasteiger partial charge on any atom is -0.485 e. The van der Waals surface area contributed by atoms with E-state index < -0.39 is 0 Å². The van der Waals surface area contributed by atoms with Crippen LogP contribution in [0.4, 0.5) is 4.39 Å². The number of benzene rings is 3. The molecular formula is C34H34BrClFN3O3. The van der Waals surface area contributed by atoms with E-state index in [-0.39, 0.29) is 41.9 Å². The van der Waals surface area contributed by atoms with Gasteiger partial charge in [0.25, 0.3) is 5.91 Å². The summed E-state index contributed by atoms with van der Waals surface area (Å²) < 4.78 is 20.6. The zero-order chi connectivity index (χ0) is 30.2. The Hall–Kier alpha value is -3.20. The van der Waals surface area contributed by atoms with E-state index in [1.165, 1.54) is 12.1 Å². The second-order valence-corrected chi connectivity index (χ2v) is 12.9. The Kier molecular flexibility index (Phi) is 8.63. The van der Waals surface area contributed by atoms with Gasteiger partial charge in [0, 0.05) is 55.3 Å². The molecule has 1 N–H and O–H groups in total. The van der Waals surface area contributed by atoms with Gasteiger partial charge in [0.05, 0.1) is 10.5 Å². The first kappa shape index (κ1) is 29.9. The lowest BCUT2D eigenvalue weighted by molar-refractivity contribution is -0.132. The molecule has 2 bridgehead atoms. The van der Waals surface area contributed by atoms with E-state index in [9.17, 15) is 14.0 Å². The highest BCUT2D eigenvalue weighted by molar-refractivity contribution is 9.10. The Morgan fingerprint density at radius 1 is 1.12 bits per heavy atom. The normalized spacial score (nSPS) is 20.5. The Morgan fingerprint density at radius 3 is 2.56 bits per heavy atom. The van der Waals surface area contributed by atoms with E-state index >= 15 is 0 Å². The van der Waals surface area contributed by atoms with E-state index in [0.717, 1.165) is 40.7 Å². The molecule has 1 saturated carbocycles. The minimum absolute atomic E-state index is 0.00416. The Balaban J connectivity index is 1.33. The van der Waals surface area contributed by atoms with Gasteiger partial charge in [0.1, 0.15) is 17.7 Å². The molecule has 2 amide bonds. The van der Waals surface area contributed by atoms with Crippen molar-refractivity contribution in [2.24, 2.45) is 0 Å². The molecule has 1 aliphatic carbocycles. The lowest BCUT2D eigenvalue weighted by atomic mass is 9.82. The molecule has 3 aliphatic rings. The number of piperazine rings is 1. The van der Waals surface area contributed by atoms with Gasteiger partial charge in [-0.05, 0) is 82.6 Å². The van der Waals surface area contributed by atoms with E-state index in [1.807, 2.05) is 65.3 Å². The molecule has 0 spiro atoms. The molecule has 2 fully saturated rings. The largest absolute Gasteiger partial charge is 0.485 e. The number of nitrogens with zero attached hydrogens (tertiary/aromatic N) is 2. The Bertz CT molecular complexity index is 1580. The summed E-state index contributed by atoms with van der Waals surface area (Å²) in [5.41, 5.74) is 4.57. The van der Waals surface area contributed by atoms with Gasteiger partial charge in [-0.25, -0.2) is 4.39 Å². The molecule has 3 atom stereocenters. The molecule has 224 valence electrons. The Morgan fingerprint density at radius 2 is 1.86 bits per heavy atom. The number of hydrogen-bond donors (Lipinski definition) is 1. The third kappa shape index (κ3) is 6.52. The SMILES string of the molecule is CC(=O)N1CC2CC(c3ccc(C(C)Oc4cc(F)ccc4Br)cc3)=C(C(=O)N(Cc3ccccc3Cl)C3CC3)C(C1)N2. The summed E-state index contributed by atoms with van der Waals surface area (Å²) in [5, 5.41) is 4.29. The van der Waals surface area contributed by atoms with Gasteiger partial charge in [-0.1, -0.05) is 54.1 Å². The van der Waals surface area contributed by atoms with Crippen LogP contribution in [0.5, 0.6) is 5.75 Å². The van der Waals surface area contributed by atoms with Crippen molar-refractivity contribution in [3.63, 3.8) is 0 Å². The highest BCUT2D eigenvalue weighted by atomic mass is 79.9. The maximum absolute atomic E-state index is 14.5. The lowest BCUT2D eigenvalue weighted by Crippen LogP contribution is -2.61. The third-order valence-electron chi connectivity index (χ3n) is 8.55. The monoisotopic (exact) mass is 665 g/mol. The summed E-state index contributed by atoms with van der Waals surface area (Å²) >= 11 is 9.95. The maximum Gasteiger partial charge on any atom is 0.252 e. The summed E-state index contributed by atoms with van der Waals surface area (Å²) in [6, 6.07) is 20.1.